The van der Waals surface area contributed by atoms with Crippen LogP contribution in [0, 0.1) is 0 Å². The molecule has 1 N–H and O–H groups in total. The summed E-state index contributed by atoms with van der Waals surface area (Å²) in [5.41, 5.74) is 1.34. The quantitative estimate of drug-likeness (QED) is 0.561. The first-order chi connectivity index (χ1) is 4.43. The van der Waals surface area contributed by atoms with E-state index in [4.69, 9.17) is 0 Å². The Hall–Kier alpha value is -0.720. The van der Waals surface area contributed by atoms with Gasteiger partial charge in [-0.2, -0.15) is 0 Å². The second kappa shape index (κ2) is 3.33. The molecule has 1 aliphatic rings. The monoisotopic (exact) mass is 123 g/mol. The fraction of sp³-hybridized carbons (Fsp3) is 0.500. The molecule has 0 saturated carbocycles. The summed E-state index contributed by atoms with van der Waals surface area (Å²) in [6.07, 6.45) is 7.74. The highest BCUT2D eigenvalue weighted by atomic mass is 14.9. The second-order valence-electron chi connectivity index (χ2n) is 2.31. The van der Waals surface area contributed by atoms with Crippen molar-refractivity contribution >= 4 is 0 Å². The lowest BCUT2D eigenvalue weighted by Gasteiger charge is -2.15. The van der Waals surface area contributed by atoms with Gasteiger partial charge in [-0.1, -0.05) is 12.7 Å². The lowest BCUT2D eigenvalue weighted by atomic mass is 10.1. The molecule has 9 heavy (non-hydrogen) atoms. The van der Waals surface area contributed by atoms with Crippen LogP contribution >= 0.6 is 0 Å². The minimum atomic E-state index is 1.14. The summed E-state index contributed by atoms with van der Waals surface area (Å²) in [5.74, 6) is 0. The molecule has 1 fully saturated rings. The van der Waals surface area contributed by atoms with Crippen LogP contribution in [0.25, 0.3) is 0 Å². The van der Waals surface area contributed by atoms with Gasteiger partial charge in [0.1, 0.15) is 0 Å². The maximum absolute atomic E-state index is 3.64. The Morgan fingerprint density at radius 2 is 2.33 bits per heavy atom. The summed E-state index contributed by atoms with van der Waals surface area (Å²) >= 11 is 0. The van der Waals surface area contributed by atoms with Gasteiger partial charge in [0.25, 0.3) is 0 Å². The van der Waals surface area contributed by atoms with E-state index in [-0.39, 0.29) is 0 Å². The predicted octanol–water partition coefficient (Wildman–Crippen LogP) is 1.83. The van der Waals surface area contributed by atoms with E-state index in [1.165, 1.54) is 25.0 Å². The smallest absolute Gasteiger partial charge is 0.0144 e. The molecule has 0 aromatic carbocycles. The van der Waals surface area contributed by atoms with E-state index in [9.17, 15) is 0 Å². The van der Waals surface area contributed by atoms with Gasteiger partial charge in [0.2, 0.25) is 0 Å². The van der Waals surface area contributed by atoms with E-state index in [2.05, 4.69) is 18.0 Å². The van der Waals surface area contributed by atoms with Crippen LogP contribution in [0.5, 0.6) is 0 Å². The summed E-state index contributed by atoms with van der Waals surface area (Å²) in [7, 11) is 0. The van der Waals surface area contributed by atoms with Crippen LogP contribution in [0.15, 0.2) is 24.4 Å². The number of hydrogen-bond acceptors (Lipinski definition) is 1. The van der Waals surface area contributed by atoms with Crippen LogP contribution in [0.1, 0.15) is 19.3 Å². The third kappa shape index (κ3) is 1.92. The molecular weight excluding hydrogens is 110 g/mol. The lowest BCUT2D eigenvalue weighted by Crippen LogP contribution is -2.19. The molecule has 0 spiro atoms. The normalized spacial score (nSPS) is 23.3. The summed E-state index contributed by atoms with van der Waals surface area (Å²) in [5, 5.41) is 3.31. The number of hydrogen-bond donors (Lipinski definition) is 1. The van der Waals surface area contributed by atoms with Crippen molar-refractivity contribution in [2.45, 2.75) is 19.3 Å². The van der Waals surface area contributed by atoms with E-state index >= 15 is 0 Å². The molecule has 1 heterocycles. The van der Waals surface area contributed by atoms with Gasteiger partial charge in [0, 0.05) is 12.2 Å². The van der Waals surface area contributed by atoms with Crippen molar-refractivity contribution in [3.8, 4) is 0 Å². The zero-order valence-corrected chi connectivity index (χ0v) is 5.69. The van der Waals surface area contributed by atoms with Gasteiger partial charge in [-0.15, -0.1) is 0 Å². The first kappa shape index (κ1) is 6.40. The summed E-state index contributed by atoms with van der Waals surface area (Å²) in [6.45, 7) is 4.78. The Kier molecular flexibility index (Phi) is 2.37. The molecule has 1 heteroatoms. The maximum Gasteiger partial charge on any atom is 0.0144 e. The zero-order chi connectivity index (χ0) is 6.53. The standard InChI is InChI=1S/C8H13N/c1-2-5-8-6-3-4-7-9-8/h2,5,9H,1,3-4,6-7H2. The molecular formula is C8H13N. The molecule has 50 valence electrons. The van der Waals surface area contributed by atoms with Gasteiger partial charge in [-0.25, -0.2) is 0 Å². The van der Waals surface area contributed by atoms with Crippen molar-refractivity contribution in [3.63, 3.8) is 0 Å². The molecule has 0 radical (unpaired) electrons. The predicted molar refractivity (Wildman–Crippen MR) is 40.1 cm³/mol. The fourth-order valence-corrected chi connectivity index (χ4v) is 1.06. The Labute approximate surface area is 56.5 Å². The van der Waals surface area contributed by atoms with E-state index < -0.39 is 0 Å². The lowest BCUT2D eigenvalue weighted by molar-refractivity contribution is 0.588. The molecule has 0 atom stereocenters. The minimum Gasteiger partial charge on any atom is -0.388 e. The van der Waals surface area contributed by atoms with Gasteiger partial charge in [0.05, 0.1) is 0 Å². The molecule has 0 aromatic heterocycles. The number of piperidine rings is 1. The molecule has 1 aliphatic heterocycles. The Bertz CT molecular complexity index is 117. The third-order valence-electron chi connectivity index (χ3n) is 1.54. The van der Waals surface area contributed by atoms with Crippen molar-refractivity contribution in [2.75, 3.05) is 6.54 Å². The van der Waals surface area contributed by atoms with E-state index in [0.29, 0.717) is 0 Å². The SMILES string of the molecule is C=CC=C1CCCCN1. The number of nitrogens with one attached hydrogen (secondary N) is 1. The molecule has 0 aromatic rings. The number of rotatable bonds is 1. The van der Waals surface area contributed by atoms with Crippen LogP contribution in [0.2, 0.25) is 0 Å². The van der Waals surface area contributed by atoms with E-state index in [0.717, 1.165) is 6.54 Å². The molecule has 1 nitrogen and oxygen atoms in total. The maximum atomic E-state index is 3.64. The number of allylic oxidation sites excluding steroid dienone is 3. The zero-order valence-electron chi connectivity index (χ0n) is 5.69. The minimum absolute atomic E-state index is 1.14. The Morgan fingerprint density at radius 1 is 1.44 bits per heavy atom. The van der Waals surface area contributed by atoms with Crippen molar-refractivity contribution in [1.82, 2.24) is 5.32 Å². The first-order valence-corrected chi connectivity index (χ1v) is 3.49. The molecule has 1 rings (SSSR count). The fourth-order valence-electron chi connectivity index (χ4n) is 1.06. The second-order valence-corrected chi connectivity index (χ2v) is 2.31. The van der Waals surface area contributed by atoms with Crippen molar-refractivity contribution in [3.05, 3.63) is 24.4 Å². The van der Waals surface area contributed by atoms with E-state index in [1.807, 2.05) is 6.08 Å². The third-order valence-corrected chi connectivity index (χ3v) is 1.54. The van der Waals surface area contributed by atoms with Crippen LogP contribution in [0.3, 0.4) is 0 Å². The molecule has 1 saturated heterocycles. The van der Waals surface area contributed by atoms with E-state index in [1.54, 1.807) is 0 Å². The Balaban J connectivity index is 2.39. The molecule has 0 bridgehead atoms. The molecule has 0 amide bonds. The molecule has 0 aliphatic carbocycles. The summed E-state index contributed by atoms with van der Waals surface area (Å²) in [6, 6.07) is 0. The highest BCUT2D eigenvalue weighted by Gasteiger charge is 2.00. The first-order valence-electron chi connectivity index (χ1n) is 3.49. The summed E-state index contributed by atoms with van der Waals surface area (Å²) < 4.78 is 0. The highest BCUT2D eigenvalue weighted by Crippen LogP contribution is 2.09. The van der Waals surface area contributed by atoms with Gasteiger partial charge in [-0.05, 0) is 25.3 Å². The van der Waals surface area contributed by atoms with Gasteiger partial charge in [0.15, 0.2) is 0 Å². The van der Waals surface area contributed by atoms with Crippen molar-refractivity contribution in [1.29, 1.82) is 0 Å². The highest BCUT2D eigenvalue weighted by molar-refractivity contribution is 5.09. The topological polar surface area (TPSA) is 12.0 Å². The van der Waals surface area contributed by atoms with Gasteiger partial charge >= 0.3 is 0 Å². The van der Waals surface area contributed by atoms with Crippen molar-refractivity contribution < 1.29 is 0 Å². The summed E-state index contributed by atoms with van der Waals surface area (Å²) in [4.78, 5) is 0. The van der Waals surface area contributed by atoms with Crippen LogP contribution in [-0.2, 0) is 0 Å². The van der Waals surface area contributed by atoms with Crippen LogP contribution in [0.4, 0.5) is 0 Å². The van der Waals surface area contributed by atoms with Crippen LogP contribution in [-0.4, -0.2) is 6.54 Å². The average molecular weight is 123 g/mol. The van der Waals surface area contributed by atoms with Crippen LogP contribution < -0.4 is 5.32 Å². The largest absolute Gasteiger partial charge is 0.388 e. The van der Waals surface area contributed by atoms with Gasteiger partial charge in [-0.3, -0.25) is 0 Å². The van der Waals surface area contributed by atoms with Crippen molar-refractivity contribution in [2.24, 2.45) is 0 Å². The molecule has 0 unspecified atom stereocenters. The van der Waals surface area contributed by atoms with Gasteiger partial charge < -0.3 is 5.32 Å². The Morgan fingerprint density at radius 3 is 2.89 bits per heavy atom. The average Bonchev–Trinajstić information content (AvgIpc) is 1.91.